The summed E-state index contributed by atoms with van der Waals surface area (Å²) in [5.41, 5.74) is 0. The van der Waals surface area contributed by atoms with Gasteiger partial charge in [0.15, 0.2) is 0 Å². The molecule has 0 aromatic carbocycles. The molecule has 3 heteroatoms. The molecule has 1 N–H and O–H groups in total. The molecule has 7 heavy (non-hydrogen) atoms. The van der Waals surface area contributed by atoms with E-state index in [9.17, 15) is 0 Å². The smallest absolute Gasteiger partial charge is 0.870 e. The first-order valence-electron chi connectivity index (χ1n) is 0. The van der Waals surface area contributed by atoms with Crippen molar-refractivity contribution in [2.75, 3.05) is 0 Å². The van der Waals surface area contributed by atoms with Crippen LogP contribution >= 0.6 is 0 Å². The fourth-order valence-corrected chi connectivity index (χ4v) is 0. The van der Waals surface area contributed by atoms with Crippen LogP contribution in [0.15, 0.2) is 0 Å². The van der Waals surface area contributed by atoms with Crippen molar-refractivity contribution in [3.63, 3.8) is 0 Å². The van der Waals surface area contributed by atoms with Crippen molar-refractivity contribution in [3.8, 4) is 0 Å². The van der Waals surface area contributed by atoms with E-state index in [1.807, 2.05) is 0 Å². The van der Waals surface area contributed by atoms with E-state index in [1.54, 1.807) is 0 Å². The molecule has 0 amide bonds. The van der Waals surface area contributed by atoms with Gasteiger partial charge in [-0.25, -0.2) is 0 Å². The van der Waals surface area contributed by atoms with Crippen molar-refractivity contribution < 1.29 is 38.2 Å². The van der Waals surface area contributed by atoms with Crippen LogP contribution < -0.4 is 0 Å². The van der Waals surface area contributed by atoms with Crippen LogP contribution in [0.2, 0.25) is 0 Å². The Kier molecular flexibility index (Phi) is 2520. The van der Waals surface area contributed by atoms with Crippen molar-refractivity contribution in [1.29, 1.82) is 0 Å². The van der Waals surface area contributed by atoms with E-state index < -0.39 is 0 Å². The van der Waals surface area contributed by atoms with E-state index in [-0.39, 0.29) is 90.9 Å². The van der Waals surface area contributed by atoms with Gasteiger partial charge in [0.1, 0.15) is 0 Å². The summed E-state index contributed by atoms with van der Waals surface area (Å²) in [6, 6.07) is 0. The molecule has 0 rings (SSSR count). The third kappa shape index (κ3) is 79.5. The van der Waals surface area contributed by atoms with Gasteiger partial charge in [0.05, 0.1) is 0 Å². The minimum Gasteiger partial charge on any atom is -0.870 e. The van der Waals surface area contributed by atoms with Crippen molar-refractivity contribution in [3.05, 3.63) is 29.7 Å². The van der Waals surface area contributed by atoms with Gasteiger partial charge in [0.2, 0.25) is 0 Å². The average Bonchev–Trinajstić information content (AvgIpc) is 0. The minimum absolute atomic E-state index is 0. The molecule has 0 bridgehead atoms. The summed E-state index contributed by atoms with van der Waals surface area (Å²) < 4.78 is 0. The number of hydrogen-bond donors (Lipinski definition) is 0. The molecule has 0 saturated heterocycles. The fraction of sp³-hybridized carbons (Fsp3) is 0. The van der Waals surface area contributed by atoms with E-state index in [4.69, 9.17) is 0 Å². The molecule has 0 heterocycles. The maximum atomic E-state index is 0. The summed E-state index contributed by atoms with van der Waals surface area (Å²) in [6.07, 6.45) is 0. The van der Waals surface area contributed by atoms with Crippen LogP contribution in [-0.2, 0) is 32.7 Å². The largest absolute Gasteiger partial charge is 3.00 e. The molecule has 0 aromatic heterocycles. The Morgan fingerprint density at radius 3 is 0.571 bits per heavy atom. The molecule has 0 aromatic rings. The molecule has 0 spiro atoms. The van der Waals surface area contributed by atoms with Crippen LogP contribution in [0, 0.1) is 29.7 Å². The Bertz CT molecular complexity index is 11.7. The quantitative estimate of drug-likeness (QED) is 0.417. The Morgan fingerprint density at radius 1 is 0.571 bits per heavy atom. The average molecular weight is 190 g/mol. The van der Waals surface area contributed by atoms with Gasteiger partial charge in [0.25, 0.3) is 0 Å². The molecule has 0 aliphatic heterocycles. The van der Waals surface area contributed by atoms with Gasteiger partial charge in [0, 0.05) is 0 Å². The zero-order valence-electron chi connectivity index (χ0n) is 5.73. The first kappa shape index (κ1) is 162. The number of hydrogen-bond acceptors (Lipinski definition) is 1. The molecule has 0 radical (unpaired) electrons. The van der Waals surface area contributed by atoms with Gasteiger partial charge < -0.3 is 35.2 Å². The van der Waals surface area contributed by atoms with Gasteiger partial charge >= 0.3 is 55.8 Å². The van der Waals surface area contributed by atoms with E-state index in [2.05, 4.69) is 0 Å². The molecular weight excluding hydrogens is 177 g/mol. The monoisotopic (exact) mass is 190 g/mol. The van der Waals surface area contributed by atoms with Gasteiger partial charge in [-0.15, -0.1) is 0 Å². The van der Waals surface area contributed by atoms with E-state index >= 15 is 0 Å². The van der Waals surface area contributed by atoms with Crippen LogP contribution in [0.3, 0.4) is 0 Å². The predicted octanol–water partition coefficient (Wildman–Crippen LogP) is 1.24. The third-order valence-electron chi connectivity index (χ3n) is 0. The molecule has 0 atom stereocenters. The van der Waals surface area contributed by atoms with E-state index in [0.717, 1.165) is 0 Å². The minimum atomic E-state index is 0. The van der Waals surface area contributed by atoms with Crippen molar-refractivity contribution in [2.45, 2.75) is 0 Å². The zero-order chi connectivity index (χ0) is 0. The third-order valence-corrected chi connectivity index (χ3v) is 0. The molecule has 0 fully saturated rings. The maximum absolute atomic E-state index is 0. The standard InChI is InChI=1S/4CH3.Mg.H2O.Y/h4*1H3;;1H2;/q4*-1;+2;;+3/p-1. The topological polar surface area (TPSA) is 30.0 Å². The Balaban J connectivity index is 0. The second-order valence-electron chi connectivity index (χ2n) is 0. The Labute approximate surface area is 90.0 Å². The first-order valence-corrected chi connectivity index (χ1v) is 0. The molecule has 1 nitrogen and oxygen atoms in total. The first-order chi connectivity index (χ1) is 0. The zero-order valence-corrected chi connectivity index (χ0v) is 9.98. The van der Waals surface area contributed by atoms with Crippen LogP contribution in [0.4, 0.5) is 0 Å². The summed E-state index contributed by atoms with van der Waals surface area (Å²) >= 11 is 0. The van der Waals surface area contributed by atoms with Gasteiger partial charge in [-0.05, 0) is 0 Å². The van der Waals surface area contributed by atoms with Crippen LogP contribution in [-0.4, -0.2) is 28.5 Å². The summed E-state index contributed by atoms with van der Waals surface area (Å²) in [4.78, 5) is 0. The molecule has 0 unspecified atom stereocenters. The number of rotatable bonds is 0. The second-order valence-corrected chi connectivity index (χ2v) is 0. The SMILES string of the molecule is [CH3-].[CH3-].[CH3-].[CH3-].[Mg+2].[OH-].[Y+3]. The van der Waals surface area contributed by atoms with Gasteiger partial charge in [-0.3, -0.25) is 0 Å². The molecule has 40 valence electrons. The fourth-order valence-electron chi connectivity index (χ4n) is 0. The predicted molar refractivity (Wildman–Crippen MR) is 33.3 cm³/mol. The maximum Gasteiger partial charge on any atom is 3.00 e. The molecule has 0 aliphatic rings. The van der Waals surface area contributed by atoms with E-state index in [1.165, 1.54) is 0 Å². The van der Waals surface area contributed by atoms with Gasteiger partial charge in [-0.1, -0.05) is 0 Å². The summed E-state index contributed by atoms with van der Waals surface area (Å²) in [5.74, 6) is 0. The molecule has 0 aliphatic carbocycles. The van der Waals surface area contributed by atoms with Crippen LogP contribution in [0.1, 0.15) is 0 Å². The van der Waals surface area contributed by atoms with Crippen molar-refractivity contribution in [1.82, 2.24) is 0 Å². The molecule has 0 saturated carbocycles. The van der Waals surface area contributed by atoms with Crippen molar-refractivity contribution in [2.24, 2.45) is 0 Å². The summed E-state index contributed by atoms with van der Waals surface area (Å²) in [5, 5.41) is 0. The second kappa shape index (κ2) is 109. The van der Waals surface area contributed by atoms with Crippen LogP contribution in [0.5, 0.6) is 0 Å². The Morgan fingerprint density at radius 2 is 0.571 bits per heavy atom. The molecular formula is C4H13MgOY. The van der Waals surface area contributed by atoms with E-state index in [0.29, 0.717) is 0 Å². The normalized spacial score (nSPS) is 0. The van der Waals surface area contributed by atoms with Gasteiger partial charge in [-0.2, -0.15) is 0 Å². The summed E-state index contributed by atoms with van der Waals surface area (Å²) in [7, 11) is 0. The Hall–Kier alpha value is 1.83. The van der Waals surface area contributed by atoms with Crippen LogP contribution in [0.25, 0.3) is 0 Å². The summed E-state index contributed by atoms with van der Waals surface area (Å²) in [6.45, 7) is 0. The van der Waals surface area contributed by atoms with Crippen molar-refractivity contribution >= 4 is 23.1 Å².